The molecule has 0 bridgehead atoms. The Morgan fingerprint density at radius 2 is 1.74 bits per heavy atom. The number of benzene rings is 2. The SMILES string of the molecule is O=C(CCCc1nc2ccccc2s1)N1CCCN(C(=O)Nc2ccc(Cl)cc2)CC1. The molecule has 2 aromatic carbocycles. The summed E-state index contributed by atoms with van der Waals surface area (Å²) in [4.78, 5) is 33.5. The summed E-state index contributed by atoms with van der Waals surface area (Å²) in [5.41, 5.74) is 1.74. The van der Waals surface area contributed by atoms with Crippen molar-refractivity contribution in [1.82, 2.24) is 14.8 Å². The maximum absolute atomic E-state index is 12.7. The van der Waals surface area contributed by atoms with Crippen molar-refractivity contribution >= 4 is 50.8 Å². The summed E-state index contributed by atoms with van der Waals surface area (Å²) in [6, 6.07) is 15.0. The lowest BCUT2D eigenvalue weighted by molar-refractivity contribution is -0.131. The Bertz CT molecular complexity index is 1020. The molecule has 3 aromatic rings. The average Bonchev–Trinajstić information content (AvgIpc) is 3.01. The molecule has 8 heteroatoms. The van der Waals surface area contributed by atoms with Gasteiger partial charge in [0.1, 0.15) is 0 Å². The molecule has 0 unspecified atom stereocenters. The molecule has 3 amide bonds. The number of hydrogen-bond acceptors (Lipinski definition) is 4. The van der Waals surface area contributed by atoms with Gasteiger partial charge in [-0.2, -0.15) is 0 Å². The van der Waals surface area contributed by atoms with Crippen molar-refractivity contribution in [2.75, 3.05) is 31.5 Å². The number of rotatable bonds is 5. The Kier molecular flexibility index (Phi) is 7.04. The van der Waals surface area contributed by atoms with Crippen molar-refractivity contribution in [3.05, 3.63) is 58.6 Å². The van der Waals surface area contributed by atoms with Gasteiger partial charge < -0.3 is 15.1 Å². The van der Waals surface area contributed by atoms with Gasteiger partial charge in [0, 0.05) is 43.3 Å². The zero-order valence-electron chi connectivity index (χ0n) is 17.2. The monoisotopic (exact) mass is 456 g/mol. The molecule has 1 aliphatic rings. The van der Waals surface area contributed by atoms with Crippen LogP contribution in [0.5, 0.6) is 0 Å². The van der Waals surface area contributed by atoms with Crippen LogP contribution in [0.25, 0.3) is 10.2 Å². The zero-order chi connectivity index (χ0) is 21.6. The summed E-state index contributed by atoms with van der Waals surface area (Å²) in [5, 5.41) is 4.60. The maximum atomic E-state index is 12.7. The first kappa shape index (κ1) is 21.6. The molecule has 162 valence electrons. The van der Waals surface area contributed by atoms with Crippen LogP contribution < -0.4 is 5.32 Å². The highest BCUT2D eigenvalue weighted by atomic mass is 35.5. The molecule has 1 aliphatic heterocycles. The third kappa shape index (κ3) is 5.74. The number of para-hydroxylation sites is 1. The highest BCUT2D eigenvalue weighted by molar-refractivity contribution is 7.18. The Morgan fingerprint density at radius 1 is 1.00 bits per heavy atom. The smallest absolute Gasteiger partial charge is 0.321 e. The molecular formula is C23H25ClN4O2S. The summed E-state index contributed by atoms with van der Waals surface area (Å²) >= 11 is 7.59. The molecule has 6 nitrogen and oxygen atoms in total. The maximum Gasteiger partial charge on any atom is 0.321 e. The number of amides is 3. The Morgan fingerprint density at radius 3 is 2.55 bits per heavy atom. The van der Waals surface area contributed by atoms with E-state index in [-0.39, 0.29) is 11.9 Å². The van der Waals surface area contributed by atoms with Gasteiger partial charge in [-0.3, -0.25) is 4.79 Å². The van der Waals surface area contributed by atoms with Crippen LogP contribution >= 0.6 is 22.9 Å². The van der Waals surface area contributed by atoms with Crippen molar-refractivity contribution in [2.45, 2.75) is 25.7 Å². The van der Waals surface area contributed by atoms with E-state index in [0.29, 0.717) is 43.3 Å². The summed E-state index contributed by atoms with van der Waals surface area (Å²) < 4.78 is 1.19. The Labute approximate surface area is 190 Å². The third-order valence-electron chi connectivity index (χ3n) is 5.35. The second-order valence-electron chi connectivity index (χ2n) is 7.59. The number of anilines is 1. The second kappa shape index (κ2) is 10.1. The van der Waals surface area contributed by atoms with Crippen molar-refractivity contribution in [1.29, 1.82) is 0 Å². The van der Waals surface area contributed by atoms with Crippen molar-refractivity contribution in [3.8, 4) is 0 Å². The van der Waals surface area contributed by atoms with Gasteiger partial charge in [-0.05, 0) is 55.7 Å². The molecular weight excluding hydrogens is 432 g/mol. The Balaban J connectivity index is 1.23. The first-order chi connectivity index (χ1) is 15.1. The lowest BCUT2D eigenvalue weighted by atomic mass is 10.2. The van der Waals surface area contributed by atoms with Crippen molar-refractivity contribution < 1.29 is 9.59 Å². The molecule has 0 spiro atoms. The van der Waals surface area contributed by atoms with Crippen LogP contribution in [0.2, 0.25) is 5.02 Å². The first-order valence-corrected chi connectivity index (χ1v) is 11.7. The highest BCUT2D eigenvalue weighted by Crippen LogP contribution is 2.23. The number of halogens is 1. The van der Waals surface area contributed by atoms with Gasteiger partial charge in [0.25, 0.3) is 0 Å². The standard InChI is InChI=1S/C23H25ClN4O2S/c24-17-9-11-18(12-10-17)25-23(30)28-14-4-13-27(15-16-28)22(29)8-3-7-21-26-19-5-1-2-6-20(19)31-21/h1-2,5-6,9-12H,3-4,7-8,13-16H2,(H,25,30). The van der Waals surface area contributed by atoms with E-state index in [2.05, 4.69) is 16.4 Å². The molecule has 4 rings (SSSR count). The fourth-order valence-corrected chi connectivity index (χ4v) is 4.82. The normalized spacial score (nSPS) is 14.5. The van der Waals surface area contributed by atoms with Crippen LogP contribution in [0.4, 0.5) is 10.5 Å². The van der Waals surface area contributed by atoms with E-state index in [0.717, 1.165) is 29.8 Å². The van der Waals surface area contributed by atoms with E-state index < -0.39 is 0 Å². The van der Waals surface area contributed by atoms with E-state index in [1.54, 1.807) is 40.5 Å². The molecule has 1 saturated heterocycles. The van der Waals surface area contributed by atoms with Gasteiger partial charge in [-0.1, -0.05) is 23.7 Å². The summed E-state index contributed by atoms with van der Waals surface area (Å²) in [5.74, 6) is 0.154. The van der Waals surface area contributed by atoms with Crippen LogP contribution in [0, 0.1) is 0 Å². The Hall–Kier alpha value is -2.64. The number of nitrogens with one attached hydrogen (secondary N) is 1. The number of thiazole rings is 1. The van der Waals surface area contributed by atoms with E-state index in [1.807, 2.05) is 23.1 Å². The molecule has 0 radical (unpaired) electrons. The number of carbonyl (C=O) groups is 2. The molecule has 1 aromatic heterocycles. The van der Waals surface area contributed by atoms with Crippen LogP contribution in [-0.4, -0.2) is 52.9 Å². The number of nitrogens with zero attached hydrogens (tertiary/aromatic N) is 3. The fraction of sp³-hybridized carbons (Fsp3) is 0.348. The molecule has 2 heterocycles. The number of carbonyl (C=O) groups excluding carboxylic acids is 2. The van der Waals surface area contributed by atoms with Gasteiger partial charge in [0.2, 0.25) is 5.91 Å². The van der Waals surface area contributed by atoms with E-state index in [9.17, 15) is 9.59 Å². The largest absolute Gasteiger partial charge is 0.341 e. The van der Waals surface area contributed by atoms with Gasteiger partial charge in [0.15, 0.2) is 0 Å². The molecule has 0 atom stereocenters. The quantitative estimate of drug-likeness (QED) is 0.585. The van der Waals surface area contributed by atoms with E-state index >= 15 is 0 Å². The summed E-state index contributed by atoms with van der Waals surface area (Å²) in [6.07, 6.45) is 2.88. The van der Waals surface area contributed by atoms with Gasteiger partial charge >= 0.3 is 6.03 Å². The molecule has 1 fully saturated rings. The van der Waals surface area contributed by atoms with Crippen LogP contribution in [0.15, 0.2) is 48.5 Å². The predicted octanol–water partition coefficient (Wildman–Crippen LogP) is 5.04. The molecule has 0 aliphatic carbocycles. The van der Waals surface area contributed by atoms with Gasteiger partial charge in [-0.25, -0.2) is 9.78 Å². The number of fused-ring (bicyclic) bond motifs is 1. The van der Waals surface area contributed by atoms with Crippen LogP contribution in [0.3, 0.4) is 0 Å². The minimum atomic E-state index is -0.146. The van der Waals surface area contributed by atoms with Gasteiger partial charge in [0.05, 0.1) is 15.2 Å². The van der Waals surface area contributed by atoms with Crippen molar-refractivity contribution in [2.24, 2.45) is 0 Å². The third-order valence-corrected chi connectivity index (χ3v) is 6.70. The minimum Gasteiger partial charge on any atom is -0.341 e. The predicted molar refractivity (Wildman–Crippen MR) is 126 cm³/mol. The number of aryl methyl sites for hydroxylation is 1. The number of urea groups is 1. The summed E-state index contributed by atoms with van der Waals surface area (Å²) in [6.45, 7) is 2.41. The topological polar surface area (TPSA) is 65.5 Å². The van der Waals surface area contributed by atoms with Crippen molar-refractivity contribution in [3.63, 3.8) is 0 Å². The fourth-order valence-electron chi connectivity index (χ4n) is 3.68. The average molecular weight is 457 g/mol. The first-order valence-electron chi connectivity index (χ1n) is 10.5. The lowest BCUT2D eigenvalue weighted by Gasteiger charge is -2.22. The van der Waals surface area contributed by atoms with E-state index in [1.165, 1.54) is 4.70 Å². The second-order valence-corrected chi connectivity index (χ2v) is 9.14. The zero-order valence-corrected chi connectivity index (χ0v) is 18.8. The number of hydrogen-bond donors (Lipinski definition) is 1. The van der Waals surface area contributed by atoms with E-state index in [4.69, 9.17) is 11.6 Å². The number of aromatic nitrogens is 1. The van der Waals surface area contributed by atoms with Crippen LogP contribution in [0.1, 0.15) is 24.3 Å². The summed E-state index contributed by atoms with van der Waals surface area (Å²) in [7, 11) is 0. The van der Waals surface area contributed by atoms with Gasteiger partial charge in [-0.15, -0.1) is 11.3 Å². The van der Waals surface area contributed by atoms with Crippen LogP contribution in [-0.2, 0) is 11.2 Å². The minimum absolute atomic E-state index is 0.146. The molecule has 0 saturated carbocycles. The molecule has 31 heavy (non-hydrogen) atoms. The highest BCUT2D eigenvalue weighted by Gasteiger charge is 2.22. The molecule has 1 N–H and O–H groups in total. The lowest BCUT2D eigenvalue weighted by Crippen LogP contribution is -2.39.